The fraction of sp³-hybridized carbons (Fsp3) is 0.400. The van der Waals surface area contributed by atoms with Gasteiger partial charge in [-0.05, 0) is 24.6 Å². The van der Waals surface area contributed by atoms with Crippen LogP contribution >= 0.6 is 0 Å². The summed E-state index contributed by atoms with van der Waals surface area (Å²) in [5.41, 5.74) is 2.00. The molecule has 0 aromatic carbocycles. The molecule has 0 aliphatic carbocycles. The maximum Gasteiger partial charge on any atom is 0.290 e. The number of hydrogen-bond donors (Lipinski definition) is 0. The average Bonchev–Trinajstić information content (AvgIpc) is 2.93. The molecule has 1 saturated heterocycles. The van der Waals surface area contributed by atoms with Gasteiger partial charge < -0.3 is 14.2 Å². The van der Waals surface area contributed by atoms with Crippen LogP contribution in [-0.4, -0.2) is 45.0 Å². The number of imidazole rings is 1. The minimum Gasteiger partial charge on any atom is -0.370 e. The summed E-state index contributed by atoms with van der Waals surface area (Å²) in [5.74, 6) is 0.406. The van der Waals surface area contributed by atoms with Crippen molar-refractivity contribution in [3.8, 4) is 0 Å². The quantitative estimate of drug-likeness (QED) is 0.836. The molecule has 21 heavy (non-hydrogen) atoms. The van der Waals surface area contributed by atoms with Crippen LogP contribution in [0, 0.1) is 6.92 Å². The molecule has 3 rings (SSSR count). The molecular weight excluding hydrogens is 268 g/mol. The van der Waals surface area contributed by atoms with Gasteiger partial charge in [-0.25, -0.2) is 4.98 Å². The Morgan fingerprint density at radius 1 is 1.38 bits per heavy atom. The molecular formula is C15H18N4O2. The molecule has 3 heterocycles. The molecule has 6 heteroatoms. The minimum atomic E-state index is -0.107. The summed E-state index contributed by atoms with van der Waals surface area (Å²) in [4.78, 5) is 22.6. The van der Waals surface area contributed by atoms with Crippen LogP contribution in [0.3, 0.4) is 0 Å². The Balaban J connectivity index is 1.77. The summed E-state index contributed by atoms with van der Waals surface area (Å²) in [5, 5.41) is 0. The first-order valence-corrected chi connectivity index (χ1v) is 6.96. The molecule has 0 spiro atoms. The molecule has 0 radical (unpaired) electrons. The van der Waals surface area contributed by atoms with Crippen LogP contribution in [-0.2, 0) is 11.8 Å². The molecule has 0 N–H and O–H groups in total. The highest BCUT2D eigenvalue weighted by Gasteiger charge is 2.27. The number of carbonyl (C=O) groups is 1. The Morgan fingerprint density at radius 2 is 2.24 bits per heavy atom. The third-order valence-electron chi connectivity index (χ3n) is 3.66. The lowest BCUT2D eigenvalue weighted by atomic mass is 10.1. The Morgan fingerprint density at radius 3 is 2.95 bits per heavy atom. The zero-order valence-electron chi connectivity index (χ0n) is 12.2. The monoisotopic (exact) mass is 286 g/mol. The molecule has 110 valence electrons. The van der Waals surface area contributed by atoms with E-state index in [1.165, 1.54) is 0 Å². The predicted molar refractivity (Wildman–Crippen MR) is 76.8 cm³/mol. The molecule has 1 aliphatic heterocycles. The van der Waals surface area contributed by atoms with E-state index in [1.54, 1.807) is 28.1 Å². The highest BCUT2D eigenvalue weighted by atomic mass is 16.5. The van der Waals surface area contributed by atoms with Gasteiger partial charge in [-0.1, -0.05) is 0 Å². The van der Waals surface area contributed by atoms with Crippen molar-refractivity contribution >= 4 is 5.91 Å². The van der Waals surface area contributed by atoms with E-state index in [4.69, 9.17) is 4.74 Å². The Labute approximate surface area is 123 Å². The average molecular weight is 286 g/mol. The van der Waals surface area contributed by atoms with Gasteiger partial charge in [0.25, 0.3) is 5.91 Å². The maximum atomic E-state index is 12.5. The fourth-order valence-corrected chi connectivity index (χ4v) is 2.52. The van der Waals surface area contributed by atoms with Crippen LogP contribution in [0.2, 0.25) is 0 Å². The number of amides is 1. The molecule has 1 fully saturated rings. The lowest BCUT2D eigenvalue weighted by molar-refractivity contribution is -0.0233. The van der Waals surface area contributed by atoms with E-state index < -0.39 is 0 Å². The molecule has 1 aliphatic rings. The van der Waals surface area contributed by atoms with Crippen molar-refractivity contribution in [2.45, 2.75) is 13.0 Å². The van der Waals surface area contributed by atoms with Crippen molar-refractivity contribution in [2.24, 2.45) is 7.05 Å². The van der Waals surface area contributed by atoms with E-state index in [2.05, 4.69) is 9.97 Å². The Bertz CT molecular complexity index is 653. The van der Waals surface area contributed by atoms with E-state index >= 15 is 0 Å². The second kappa shape index (κ2) is 5.65. The molecule has 2 aromatic heterocycles. The van der Waals surface area contributed by atoms with Gasteiger partial charge in [-0.3, -0.25) is 9.78 Å². The van der Waals surface area contributed by atoms with Crippen molar-refractivity contribution in [1.29, 1.82) is 0 Å². The maximum absolute atomic E-state index is 12.5. The highest BCUT2D eigenvalue weighted by Crippen LogP contribution is 2.23. The second-order valence-electron chi connectivity index (χ2n) is 5.20. The summed E-state index contributed by atoms with van der Waals surface area (Å²) in [7, 11) is 1.82. The molecule has 0 saturated carbocycles. The molecule has 2 aromatic rings. The lowest BCUT2D eigenvalue weighted by Gasteiger charge is -2.33. The predicted octanol–water partition coefficient (Wildman–Crippen LogP) is 1.34. The van der Waals surface area contributed by atoms with Gasteiger partial charge >= 0.3 is 0 Å². The minimum absolute atomic E-state index is 0.0541. The normalized spacial score (nSPS) is 18.8. The van der Waals surface area contributed by atoms with Crippen molar-refractivity contribution < 1.29 is 9.53 Å². The number of rotatable bonds is 2. The van der Waals surface area contributed by atoms with Crippen molar-refractivity contribution in [2.75, 3.05) is 19.7 Å². The molecule has 1 atom stereocenters. The number of aromatic nitrogens is 3. The topological polar surface area (TPSA) is 60.2 Å². The summed E-state index contributed by atoms with van der Waals surface area (Å²) in [6.45, 7) is 3.60. The number of morpholine rings is 1. The summed E-state index contributed by atoms with van der Waals surface area (Å²) in [6, 6.07) is 3.94. The third-order valence-corrected chi connectivity index (χ3v) is 3.66. The number of hydrogen-bond acceptors (Lipinski definition) is 4. The van der Waals surface area contributed by atoms with Crippen LogP contribution in [0.4, 0.5) is 0 Å². The first-order valence-electron chi connectivity index (χ1n) is 6.96. The van der Waals surface area contributed by atoms with Gasteiger partial charge in [-0.2, -0.15) is 0 Å². The summed E-state index contributed by atoms with van der Waals surface area (Å²) >= 11 is 0. The van der Waals surface area contributed by atoms with Gasteiger partial charge in [0.2, 0.25) is 0 Å². The Hall–Kier alpha value is -2.21. The number of pyridine rings is 1. The number of ether oxygens (including phenoxy) is 1. The van der Waals surface area contributed by atoms with Crippen molar-refractivity contribution in [3.63, 3.8) is 0 Å². The van der Waals surface area contributed by atoms with Crippen molar-refractivity contribution in [3.05, 3.63) is 47.8 Å². The molecule has 1 amide bonds. The smallest absolute Gasteiger partial charge is 0.290 e. The van der Waals surface area contributed by atoms with Gasteiger partial charge in [0.1, 0.15) is 6.10 Å². The van der Waals surface area contributed by atoms with Crippen LogP contribution in [0.25, 0.3) is 0 Å². The van der Waals surface area contributed by atoms with Gasteiger partial charge in [0.05, 0.1) is 13.2 Å². The standard InChI is InChI=1S/C15H18N4O2/c1-11-9-12(3-4-16-11)13-10-19(7-8-21-13)15(20)14-17-5-6-18(14)2/h3-6,9,13H,7-8,10H2,1-2H3/t13-/m1/s1. The van der Waals surface area contributed by atoms with E-state index in [0.29, 0.717) is 25.5 Å². The van der Waals surface area contributed by atoms with Crippen molar-refractivity contribution in [1.82, 2.24) is 19.4 Å². The first kappa shape index (κ1) is 13.8. The fourth-order valence-electron chi connectivity index (χ4n) is 2.52. The van der Waals surface area contributed by atoms with Gasteiger partial charge in [0, 0.05) is 37.9 Å². The molecule has 0 bridgehead atoms. The lowest BCUT2D eigenvalue weighted by Crippen LogP contribution is -2.43. The van der Waals surface area contributed by atoms with Gasteiger partial charge in [-0.15, -0.1) is 0 Å². The summed E-state index contributed by atoms with van der Waals surface area (Å²) < 4.78 is 7.54. The first-order chi connectivity index (χ1) is 10.1. The SMILES string of the molecule is Cc1cc([C@H]2CN(C(=O)c3nccn3C)CCO2)ccn1. The second-order valence-corrected chi connectivity index (χ2v) is 5.20. The zero-order chi connectivity index (χ0) is 14.8. The molecule has 0 unspecified atom stereocenters. The van der Waals surface area contributed by atoms with Crippen LogP contribution in [0.15, 0.2) is 30.7 Å². The largest absolute Gasteiger partial charge is 0.370 e. The summed E-state index contributed by atoms with van der Waals surface area (Å²) in [6.07, 6.45) is 5.08. The van der Waals surface area contributed by atoms with E-state index in [-0.39, 0.29) is 12.0 Å². The van der Waals surface area contributed by atoms with Gasteiger partial charge in [0.15, 0.2) is 5.82 Å². The van der Waals surface area contributed by atoms with Crippen LogP contribution < -0.4 is 0 Å². The number of nitrogens with zero attached hydrogens (tertiary/aromatic N) is 4. The number of carbonyl (C=O) groups excluding carboxylic acids is 1. The molecule has 6 nitrogen and oxygen atoms in total. The van der Waals surface area contributed by atoms with E-state index in [1.807, 2.05) is 26.1 Å². The van der Waals surface area contributed by atoms with Crippen LogP contribution in [0.5, 0.6) is 0 Å². The highest BCUT2D eigenvalue weighted by molar-refractivity contribution is 5.90. The van der Waals surface area contributed by atoms with E-state index in [0.717, 1.165) is 11.3 Å². The Kier molecular flexibility index (Phi) is 3.70. The van der Waals surface area contributed by atoms with Crippen LogP contribution in [0.1, 0.15) is 28.0 Å². The van der Waals surface area contributed by atoms with E-state index in [9.17, 15) is 4.79 Å². The zero-order valence-corrected chi connectivity index (χ0v) is 12.2. The third kappa shape index (κ3) is 2.80. The number of aryl methyl sites for hydroxylation is 2.